The number of esters is 1. The van der Waals surface area contributed by atoms with Gasteiger partial charge in [0.05, 0.1) is 19.6 Å². The highest BCUT2D eigenvalue weighted by molar-refractivity contribution is 5.95. The fourth-order valence-electron chi connectivity index (χ4n) is 5.15. The monoisotopic (exact) mass is 553 g/mol. The second kappa shape index (κ2) is 16.6. The van der Waals surface area contributed by atoms with Crippen LogP contribution in [0.2, 0.25) is 0 Å². The lowest BCUT2D eigenvalue weighted by atomic mass is 9.97. The molecule has 0 aromatic heterocycles. The van der Waals surface area contributed by atoms with E-state index in [1.807, 2.05) is 12.1 Å². The van der Waals surface area contributed by atoms with Crippen molar-refractivity contribution in [3.63, 3.8) is 0 Å². The normalized spacial score (nSPS) is 15.8. The number of unbranched alkanes of at least 4 members (excludes halogenated alkanes) is 3. The first kappa shape index (κ1) is 31.9. The van der Waals surface area contributed by atoms with Crippen LogP contribution in [0.3, 0.4) is 0 Å². The Morgan fingerprint density at radius 2 is 1.79 bits per heavy atom. The number of likely N-dealkylation sites (tertiary alicyclic amines) is 1. The minimum atomic E-state index is -0.567. The molecule has 0 saturated carbocycles. The van der Waals surface area contributed by atoms with E-state index in [4.69, 9.17) is 9.47 Å². The van der Waals surface area contributed by atoms with E-state index in [0.717, 1.165) is 49.9 Å². The van der Waals surface area contributed by atoms with Crippen molar-refractivity contribution in [3.8, 4) is 0 Å². The standard InChI is InChI=1S/C28H43N3O6.ClH/c1-3-5-6-7-18-37-28(35)30-16-11-24(12-17-30)31(26(33)21-32)25-9-8-22-10-14-29(20-23(22)19-25)15-13-27(34)36-4-2;/h8-9,19,24,32H,3-7,10-18,20-21H2,1-2H3;1H. The molecule has 0 radical (unpaired) electrons. The fraction of sp³-hybridized carbons (Fsp3) is 0.679. The smallest absolute Gasteiger partial charge is 0.409 e. The van der Waals surface area contributed by atoms with E-state index in [9.17, 15) is 19.5 Å². The average Bonchev–Trinajstić information content (AvgIpc) is 2.92. The highest BCUT2D eigenvalue weighted by Crippen LogP contribution is 2.29. The third-order valence-corrected chi connectivity index (χ3v) is 7.21. The molecule has 0 unspecified atom stereocenters. The van der Waals surface area contributed by atoms with Gasteiger partial charge in [0.15, 0.2) is 0 Å². The number of halogens is 1. The fourth-order valence-corrected chi connectivity index (χ4v) is 5.15. The number of hydrogen-bond donors (Lipinski definition) is 1. The third kappa shape index (κ3) is 9.13. The van der Waals surface area contributed by atoms with Crippen LogP contribution in [0.25, 0.3) is 0 Å². The summed E-state index contributed by atoms with van der Waals surface area (Å²) >= 11 is 0. The molecule has 2 aliphatic rings. The van der Waals surface area contributed by atoms with Gasteiger partial charge >= 0.3 is 12.1 Å². The first-order valence-electron chi connectivity index (χ1n) is 13.8. The summed E-state index contributed by atoms with van der Waals surface area (Å²) in [6.07, 6.45) is 6.43. The lowest BCUT2D eigenvalue weighted by Crippen LogP contribution is -2.50. The van der Waals surface area contributed by atoms with Gasteiger partial charge in [-0.1, -0.05) is 32.3 Å². The van der Waals surface area contributed by atoms with E-state index in [-0.39, 0.29) is 36.4 Å². The Morgan fingerprint density at radius 3 is 2.47 bits per heavy atom. The molecule has 10 heteroatoms. The summed E-state index contributed by atoms with van der Waals surface area (Å²) in [5.41, 5.74) is 3.14. The number of aliphatic hydroxyl groups excluding tert-OH is 1. The maximum atomic E-state index is 12.8. The van der Waals surface area contributed by atoms with Gasteiger partial charge in [-0.3, -0.25) is 14.5 Å². The maximum absolute atomic E-state index is 12.8. The van der Waals surface area contributed by atoms with Gasteiger partial charge in [0.1, 0.15) is 6.61 Å². The Hall–Kier alpha value is -2.36. The molecule has 1 aromatic rings. The van der Waals surface area contributed by atoms with E-state index in [0.29, 0.717) is 58.7 Å². The number of fused-ring (bicyclic) bond motifs is 1. The zero-order valence-electron chi connectivity index (χ0n) is 22.9. The predicted octanol–water partition coefficient (Wildman–Crippen LogP) is 3.93. The molecular formula is C28H44ClN3O6. The van der Waals surface area contributed by atoms with Crippen LogP contribution in [0.5, 0.6) is 0 Å². The SMILES string of the molecule is CCCCCCOC(=O)N1CCC(N(C(=O)CO)c2ccc3c(c2)CN(CCC(=O)OCC)CC3)CC1.Cl. The van der Waals surface area contributed by atoms with E-state index < -0.39 is 6.61 Å². The summed E-state index contributed by atoms with van der Waals surface area (Å²) in [4.78, 5) is 42.7. The van der Waals surface area contributed by atoms with Gasteiger partial charge in [0.25, 0.3) is 5.91 Å². The number of hydrogen-bond acceptors (Lipinski definition) is 7. The van der Waals surface area contributed by atoms with E-state index >= 15 is 0 Å². The summed E-state index contributed by atoms with van der Waals surface area (Å²) < 4.78 is 10.5. The summed E-state index contributed by atoms with van der Waals surface area (Å²) in [5, 5.41) is 9.71. The van der Waals surface area contributed by atoms with Crippen LogP contribution < -0.4 is 4.90 Å². The second-order valence-electron chi connectivity index (χ2n) is 9.85. The van der Waals surface area contributed by atoms with Crippen molar-refractivity contribution >= 4 is 36.1 Å². The number of benzene rings is 1. The molecule has 0 aliphatic carbocycles. The molecule has 1 saturated heterocycles. The summed E-state index contributed by atoms with van der Waals surface area (Å²) in [6.45, 7) is 7.46. The number of carbonyl (C=O) groups is 3. The average molecular weight is 554 g/mol. The van der Waals surface area contributed by atoms with Crippen molar-refractivity contribution in [1.82, 2.24) is 9.80 Å². The minimum Gasteiger partial charge on any atom is -0.466 e. The molecule has 9 nitrogen and oxygen atoms in total. The Morgan fingerprint density at radius 1 is 1.03 bits per heavy atom. The molecular weight excluding hydrogens is 510 g/mol. The number of nitrogens with zero attached hydrogens (tertiary/aromatic N) is 3. The zero-order valence-corrected chi connectivity index (χ0v) is 23.7. The Labute approximate surface area is 232 Å². The quantitative estimate of drug-likeness (QED) is 0.309. The van der Waals surface area contributed by atoms with E-state index in [1.54, 1.807) is 16.7 Å². The minimum absolute atomic E-state index is 0. The molecule has 2 aliphatic heterocycles. The van der Waals surface area contributed by atoms with E-state index in [2.05, 4.69) is 17.9 Å². The number of aliphatic hydroxyl groups is 1. The van der Waals surface area contributed by atoms with Crippen LogP contribution in [0.15, 0.2) is 18.2 Å². The van der Waals surface area contributed by atoms with Crippen molar-refractivity contribution in [3.05, 3.63) is 29.3 Å². The van der Waals surface area contributed by atoms with Crippen LogP contribution in [0.4, 0.5) is 10.5 Å². The van der Waals surface area contributed by atoms with Crippen LogP contribution in [0, 0.1) is 0 Å². The Bertz CT molecular complexity index is 907. The van der Waals surface area contributed by atoms with Gasteiger partial charge in [0, 0.05) is 44.5 Å². The van der Waals surface area contributed by atoms with E-state index in [1.165, 1.54) is 5.56 Å². The topological polar surface area (TPSA) is 99.6 Å². The number of rotatable bonds is 12. The molecule has 214 valence electrons. The molecule has 2 heterocycles. The maximum Gasteiger partial charge on any atom is 0.409 e. The van der Waals surface area contributed by atoms with Crippen LogP contribution in [0.1, 0.15) is 69.9 Å². The third-order valence-electron chi connectivity index (χ3n) is 7.21. The summed E-state index contributed by atoms with van der Waals surface area (Å²) in [6, 6.07) is 5.96. The van der Waals surface area contributed by atoms with Gasteiger partial charge in [-0.2, -0.15) is 0 Å². The van der Waals surface area contributed by atoms with Crippen molar-refractivity contribution < 1.29 is 29.0 Å². The Kier molecular flexibility index (Phi) is 13.9. The molecule has 2 amide bonds. The van der Waals surface area contributed by atoms with Gasteiger partial charge in [0.2, 0.25) is 0 Å². The van der Waals surface area contributed by atoms with Crippen molar-refractivity contribution in [1.29, 1.82) is 0 Å². The van der Waals surface area contributed by atoms with Crippen molar-refractivity contribution in [2.45, 2.75) is 77.8 Å². The highest BCUT2D eigenvalue weighted by Gasteiger charge is 2.31. The molecule has 3 rings (SSSR count). The molecule has 1 aromatic carbocycles. The van der Waals surface area contributed by atoms with Crippen molar-refractivity contribution in [2.75, 3.05) is 50.9 Å². The van der Waals surface area contributed by atoms with Crippen LogP contribution in [-0.4, -0.2) is 84.9 Å². The molecule has 1 N–H and O–H groups in total. The molecule has 1 fully saturated rings. The van der Waals surface area contributed by atoms with Gasteiger partial charge in [-0.05, 0) is 55.9 Å². The molecule has 0 atom stereocenters. The first-order valence-corrected chi connectivity index (χ1v) is 13.8. The largest absolute Gasteiger partial charge is 0.466 e. The van der Waals surface area contributed by atoms with Crippen LogP contribution in [-0.2, 0) is 32.0 Å². The van der Waals surface area contributed by atoms with Crippen molar-refractivity contribution in [2.24, 2.45) is 0 Å². The van der Waals surface area contributed by atoms with Gasteiger partial charge < -0.3 is 24.4 Å². The lowest BCUT2D eigenvalue weighted by molar-refractivity contribution is -0.143. The number of carbonyl (C=O) groups excluding carboxylic acids is 3. The molecule has 0 spiro atoms. The van der Waals surface area contributed by atoms with Crippen LogP contribution >= 0.6 is 12.4 Å². The highest BCUT2D eigenvalue weighted by atomic mass is 35.5. The predicted molar refractivity (Wildman–Crippen MR) is 149 cm³/mol. The first-order chi connectivity index (χ1) is 18.0. The number of anilines is 1. The van der Waals surface area contributed by atoms with Gasteiger partial charge in [-0.25, -0.2) is 4.79 Å². The molecule has 38 heavy (non-hydrogen) atoms. The number of amides is 2. The summed E-state index contributed by atoms with van der Waals surface area (Å²) in [5.74, 6) is -0.527. The number of piperidine rings is 1. The lowest BCUT2D eigenvalue weighted by Gasteiger charge is -2.38. The Balaban J connectivity index is 0.00000507. The second-order valence-corrected chi connectivity index (χ2v) is 9.85. The summed E-state index contributed by atoms with van der Waals surface area (Å²) in [7, 11) is 0. The molecule has 0 bridgehead atoms. The zero-order chi connectivity index (χ0) is 26.6. The number of ether oxygens (including phenoxy) is 2. The van der Waals surface area contributed by atoms with Gasteiger partial charge in [-0.15, -0.1) is 12.4 Å².